The average Bonchev–Trinajstić information content (AvgIpc) is 3.14. The van der Waals surface area contributed by atoms with Crippen molar-refractivity contribution in [2.75, 3.05) is 0 Å². The fourth-order valence-electron chi connectivity index (χ4n) is 9.63. The monoisotopic (exact) mass is 472 g/mol. The van der Waals surface area contributed by atoms with Crippen LogP contribution < -0.4 is 0 Å². The zero-order valence-electron chi connectivity index (χ0n) is 22.7. The summed E-state index contributed by atoms with van der Waals surface area (Å²) in [5, 5.41) is 0. The van der Waals surface area contributed by atoms with Crippen LogP contribution in [-0.2, 0) is 19.3 Å². The van der Waals surface area contributed by atoms with Crippen LogP contribution in [-0.4, -0.2) is 23.3 Å². The van der Waals surface area contributed by atoms with Gasteiger partial charge in [0.2, 0.25) is 0 Å². The number of ether oxygens (including phenoxy) is 1. The summed E-state index contributed by atoms with van der Waals surface area (Å²) in [6, 6.07) is 0. The fourth-order valence-corrected chi connectivity index (χ4v) is 9.63. The van der Waals surface area contributed by atoms with Crippen molar-refractivity contribution in [2.45, 2.75) is 124 Å². The van der Waals surface area contributed by atoms with Crippen molar-refractivity contribution in [3.05, 3.63) is 12.2 Å². The summed E-state index contributed by atoms with van der Waals surface area (Å²) in [6.45, 7) is 16.0. The summed E-state index contributed by atoms with van der Waals surface area (Å²) in [5.74, 6) is 3.58. The van der Waals surface area contributed by atoms with Gasteiger partial charge in [-0.1, -0.05) is 53.7 Å². The van der Waals surface area contributed by atoms with Gasteiger partial charge < -0.3 is 4.74 Å². The Hall–Kier alpha value is -0.870. The number of rotatable bonds is 5. The zero-order valence-corrected chi connectivity index (χ0v) is 22.7. The van der Waals surface area contributed by atoms with E-state index in [1.165, 1.54) is 32.6 Å². The molecule has 192 valence electrons. The van der Waals surface area contributed by atoms with Crippen molar-refractivity contribution < 1.29 is 19.3 Å². The lowest BCUT2D eigenvalue weighted by atomic mass is 9.40. The number of carbonyl (C=O) groups is 1. The van der Waals surface area contributed by atoms with Gasteiger partial charge in [-0.25, -0.2) is 9.78 Å². The summed E-state index contributed by atoms with van der Waals surface area (Å²) < 4.78 is 5.66. The van der Waals surface area contributed by atoms with Crippen LogP contribution in [0.25, 0.3) is 0 Å². The summed E-state index contributed by atoms with van der Waals surface area (Å²) in [6.07, 6.45) is 15.0. The van der Waals surface area contributed by atoms with E-state index in [0.29, 0.717) is 40.9 Å². The number of fused-ring (bicyclic) bond motifs is 3. The Kier molecular flexibility index (Phi) is 6.08. The largest absolute Gasteiger partial charge is 0.462 e. The Morgan fingerprint density at radius 1 is 0.912 bits per heavy atom. The molecular formula is C30H48O4. The Bertz CT molecular complexity index is 824. The van der Waals surface area contributed by atoms with Crippen LogP contribution in [0.5, 0.6) is 0 Å². The molecule has 4 saturated carbocycles. The molecule has 6 aliphatic rings. The molecule has 0 radical (unpaired) electrons. The van der Waals surface area contributed by atoms with E-state index in [1.54, 1.807) is 0 Å². The Labute approximate surface area is 207 Å². The molecule has 2 saturated heterocycles. The Morgan fingerprint density at radius 2 is 1.68 bits per heavy atom. The molecule has 2 aliphatic heterocycles. The molecule has 4 heteroatoms. The van der Waals surface area contributed by atoms with Crippen molar-refractivity contribution in [3.63, 3.8) is 0 Å². The lowest BCUT2D eigenvalue weighted by Gasteiger charge is -2.72. The molecule has 0 aromatic rings. The molecule has 2 bridgehead atoms. The molecule has 6 rings (SSSR count). The van der Waals surface area contributed by atoms with E-state index in [2.05, 4.69) is 53.7 Å². The summed E-state index contributed by atoms with van der Waals surface area (Å²) in [5.41, 5.74) is -0.0150. The van der Waals surface area contributed by atoms with Gasteiger partial charge in [-0.2, -0.15) is 0 Å². The molecule has 2 heterocycles. The van der Waals surface area contributed by atoms with Gasteiger partial charge in [0, 0.05) is 18.8 Å². The van der Waals surface area contributed by atoms with Crippen LogP contribution in [0, 0.1) is 46.3 Å². The number of allylic oxidation sites excluding steroid dienone is 2. The highest BCUT2D eigenvalue weighted by atomic mass is 17.2. The maximum Gasteiger partial charge on any atom is 0.302 e. The summed E-state index contributed by atoms with van der Waals surface area (Å²) in [7, 11) is 0. The Balaban J connectivity index is 1.39. The Morgan fingerprint density at radius 3 is 2.32 bits per heavy atom. The maximum absolute atomic E-state index is 11.6. The van der Waals surface area contributed by atoms with Crippen LogP contribution in [0.2, 0.25) is 0 Å². The van der Waals surface area contributed by atoms with E-state index in [0.717, 1.165) is 32.1 Å². The molecule has 0 amide bonds. The second-order valence-corrected chi connectivity index (χ2v) is 13.7. The topological polar surface area (TPSA) is 44.8 Å². The standard InChI is InChI=1S/C30H48O4/c1-19(2)20(3)8-9-21(4)24-10-11-25-27(24,6)14-13-26-28(7)15-12-23(32-22(5)31)18-29(28)16-17-30(25,26)34-33-29/h8-9,19-21,23-26H,10-18H2,1-7H3/b9-8+/t20-,21+,23+,24-,25-,26-,27+,28+,29+,30-/m0/s1. The third-order valence-electron chi connectivity index (χ3n) is 11.9. The number of carbonyl (C=O) groups excluding carboxylic acids is 1. The van der Waals surface area contributed by atoms with Gasteiger partial charge in [0.15, 0.2) is 0 Å². The molecule has 4 nitrogen and oxygen atoms in total. The van der Waals surface area contributed by atoms with Gasteiger partial charge in [-0.3, -0.25) is 4.79 Å². The molecule has 6 fully saturated rings. The SMILES string of the molecule is CC(=O)O[C@@H]1CC[C@]2(C)[C@@H]3CC[C@]4(C)[C@H]([C@H](C)/C=C/[C@H](C)C(C)C)CC[C@@H]4[C@@]34CC[C@]2(C1)OO4. The zero-order chi connectivity index (χ0) is 24.5. The third kappa shape index (κ3) is 3.40. The van der Waals surface area contributed by atoms with Gasteiger partial charge in [0.25, 0.3) is 0 Å². The number of hydrogen-bond acceptors (Lipinski definition) is 4. The van der Waals surface area contributed by atoms with Gasteiger partial charge in [0.1, 0.15) is 17.3 Å². The quantitative estimate of drug-likeness (QED) is 0.240. The average molecular weight is 473 g/mol. The minimum atomic E-state index is -0.299. The molecule has 0 N–H and O–H groups in total. The number of hydrogen-bond donors (Lipinski definition) is 0. The highest BCUT2D eigenvalue weighted by Crippen LogP contribution is 2.74. The second kappa shape index (κ2) is 8.33. The first-order chi connectivity index (χ1) is 16.0. The summed E-state index contributed by atoms with van der Waals surface area (Å²) in [4.78, 5) is 24.8. The fraction of sp³-hybridized carbons (Fsp3) is 0.900. The smallest absolute Gasteiger partial charge is 0.302 e. The van der Waals surface area contributed by atoms with E-state index in [9.17, 15) is 4.79 Å². The third-order valence-corrected chi connectivity index (χ3v) is 11.9. The highest BCUT2D eigenvalue weighted by Gasteiger charge is 2.76. The van der Waals surface area contributed by atoms with Crippen LogP contribution in [0.3, 0.4) is 0 Å². The van der Waals surface area contributed by atoms with Crippen molar-refractivity contribution >= 4 is 5.97 Å². The maximum atomic E-state index is 11.6. The van der Waals surface area contributed by atoms with Crippen LogP contribution in [0.1, 0.15) is 106 Å². The molecule has 0 unspecified atom stereocenters. The molecule has 2 spiro atoms. The lowest BCUT2D eigenvalue weighted by molar-refractivity contribution is -0.536. The van der Waals surface area contributed by atoms with Crippen LogP contribution in [0.15, 0.2) is 12.2 Å². The normalized spacial score (nSPS) is 49.4. The molecule has 0 aromatic carbocycles. The molecule has 0 aromatic heterocycles. The van der Waals surface area contributed by atoms with Crippen molar-refractivity contribution in [3.8, 4) is 0 Å². The first kappa shape index (κ1) is 24.8. The van der Waals surface area contributed by atoms with Crippen molar-refractivity contribution in [2.24, 2.45) is 46.3 Å². The minimum Gasteiger partial charge on any atom is -0.462 e. The van der Waals surface area contributed by atoms with Crippen LogP contribution in [0.4, 0.5) is 0 Å². The highest BCUT2D eigenvalue weighted by molar-refractivity contribution is 5.66. The number of esters is 1. The van der Waals surface area contributed by atoms with Gasteiger partial charge >= 0.3 is 5.97 Å². The molecule has 34 heavy (non-hydrogen) atoms. The van der Waals surface area contributed by atoms with Gasteiger partial charge in [-0.15, -0.1) is 0 Å². The first-order valence-corrected chi connectivity index (χ1v) is 14.2. The molecule has 4 aliphatic carbocycles. The first-order valence-electron chi connectivity index (χ1n) is 14.2. The molecular weight excluding hydrogens is 424 g/mol. The van der Waals surface area contributed by atoms with E-state index in [1.807, 2.05) is 0 Å². The summed E-state index contributed by atoms with van der Waals surface area (Å²) >= 11 is 0. The predicted octanol–water partition coefficient (Wildman–Crippen LogP) is 7.27. The van der Waals surface area contributed by atoms with E-state index < -0.39 is 0 Å². The van der Waals surface area contributed by atoms with Crippen LogP contribution >= 0.6 is 0 Å². The molecule has 10 atom stereocenters. The second-order valence-electron chi connectivity index (χ2n) is 13.7. The lowest BCUT2D eigenvalue weighted by Crippen LogP contribution is -2.75. The predicted molar refractivity (Wildman–Crippen MR) is 134 cm³/mol. The van der Waals surface area contributed by atoms with Crippen molar-refractivity contribution in [1.82, 2.24) is 0 Å². The van der Waals surface area contributed by atoms with E-state index in [4.69, 9.17) is 14.5 Å². The van der Waals surface area contributed by atoms with Crippen molar-refractivity contribution in [1.29, 1.82) is 0 Å². The van der Waals surface area contributed by atoms with Gasteiger partial charge in [-0.05, 0) is 92.3 Å². The van der Waals surface area contributed by atoms with E-state index in [-0.39, 0.29) is 28.7 Å². The van der Waals surface area contributed by atoms with Gasteiger partial charge in [0.05, 0.1) is 0 Å². The van der Waals surface area contributed by atoms with E-state index >= 15 is 0 Å². The minimum absolute atomic E-state index is 0.0367.